The molecule has 2 N–H and O–H groups in total. The third-order valence-corrected chi connectivity index (χ3v) is 3.04. The molecule has 108 valence electrons. The van der Waals surface area contributed by atoms with Gasteiger partial charge in [0.1, 0.15) is 0 Å². The molecule has 1 rings (SSSR count). The molecule has 18 heavy (non-hydrogen) atoms. The van der Waals surface area contributed by atoms with Crippen molar-refractivity contribution in [2.24, 2.45) is 5.73 Å². The number of amides is 1. The number of carbonyl (C=O) groups excluding carboxylic acids is 1. The number of nitrogens with two attached hydrogens (primary N) is 1. The van der Waals surface area contributed by atoms with Crippen LogP contribution in [0, 0.1) is 0 Å². The molecule has 0 aromatic heterocycles. The average molecular weight is 278 g/mol. The minimum Gasteiger partial charge on any atom is -0.333 e. The molecule has 1 aliphatic rings. The first kappa shape index (κ1) is 17.7. The largest absolute Gasteiger partial charge is 0.333 e. The summed E-state index contributed by atoms with van der Waals surface area (Å²) in [6, 6.07) is 0.255. The van der Waals surface area contributed by atoms with Crippen molar-refractivity contribution in [2.45, 2.75) is 58.7 Å². The first-order chi connectivity index (χ1) is 7.53. The summed E-state index contributed by atoms with van der Waals surface area (Å²) >= 11 is 0. The topological polar surface area (TPSA) is 49.6 Å². The van der Waals surface area contributed by atoms with Crippen LogP contribution in [0.3, 0.4) is 0 Å². The third-order valence-electron chi connectivity index (χ3n) is 3.04. The second-order valence-electron chi connectivity index (χ2n) is 6.80. The highest BCUT2D eigenvalue weighted by Gasteiger charge is 2.40. The molecule has 0 unspecified atom stereocenters. The Morgan fingerprint density at radius 1 is 1.39 bits per heavy atom. The second kappa shape index (κ2) is 5.76. The molecule has 1 aliphatic heterocycles. The molecule has 5 heteroatoms. The Bertz CT molecular complexity index is 297. The molecule has 0 radical (unpaired) electrons. The number of rotatable bonds is 3. The van der Waals surface area contributed by atoms with E-state index >= 15 is 0 Å². The van der Waals surface area contributed by atoms with Crippen LogP contribution in [0.5, 0.6) is 0 Å². The molecule has 0 bridgehead atoms. The lowest BCUT2D eigenvalue weighted by Crippen LogP contribution is -2.65. The van der Waals surface area contributed by atoms with E-state index in [4.69, 9.17) is 5.73 Å². The van der Waals surface area contributed by atoms with E-state index in [2.05, 4.69) is 32.6 Å². The van der Waals surface area contributed by atoms with Gasteiger partial charge in [0.05, 0.1) is 12.1 Å². The van der Waals surface area contributed by atoms with Crippen LogP contribution in [0.25, 0.3) is 0 Å². The van der Waals surface area contributed by atoms with Gasteiger partial charge in [0, 0.05) is 24.7 Å². The van der Waals surface area contributed by atoms with E-state index in [1.165, 1.54) is 0 Å². The quantitative estimate of drug-likeness (QED) is 0.850. The van der Waals surface area contributed by atoms with Gasteiger partial charge in [-0.25, -0.2) is 0 Å². The van der Waals surface area contributed by atoms with Gasteiger partial charge >= 0.3 is 0 Å². The van der Waals surface area contributed by atoms with Gasteiger partial charge in [-0.1, -0.05) is 0 Å². The summed E-state index contributed by atoms with van der Waals surface area (Å²) in [5, 5.41) is 0. The molecule has 1 heterocycles. The molecule has 4 nitrogen and oxygen atoms in total. The standard InChI is InChI=1S/C13H27N3O.ClH/c1-10(2)16-11(17)7-15(8-12(3,4)14)9-13(16,5)6;/h10H,7-9,14H2,1-6H3;1H. The number of hydrogen-bond acceptors (Lipinski definition) is 3. The van der Waals surface area contributed by atoms with Gasteiger partial charge in [-0.15, -0.1) is 12.4 Å². The van der Waals surface area contributed by atoms with Crippen LogP contribution in [0.4, 0.5) is 0 Å². The van der Waals surface area contributed by atoms with Crippen LogP contribution in [-0.4, -0.2) is 52.5 Å². The van der Waals surface area contributed by atoms with Gasteiger partial charge in [-0.3, -0.25) is 9.69 Å². The minimum atomic E-state index is -0.254. The van der Waals surface area contributed by atoms with Gasteiger partial charge < -0.3 is 10.6 Å². The summed E-state index contributed by atoms with van der Waals surface area (Å²) in [7, 11) is 0. The van der Waals surface area contributed by atoms with Crippen molar-refractivity contribution in [3.63, 3.8) is 0 Å². The van der Waals surface area contributed by atoms with Crippen molar-refractivity contribution in [3.8, 4) is 0 Å². The predicted molar refractivity (Wildman–Crippen MR) is 78.0 cm³/mol. The summed E-state index contributed by atoms with van der Waals surface area (Å²) in [6.45, 7) is 14.5. The molecule has 1 fully saturated rings. The number of halogens is 1. The summed E-state index contributed by atoms with van der Waals surface area (Å²) in [6.07, 6.45) is 0. The van der Waals surface area contributed by atoms with Crippen LogP contribution < -0.4 is 5.73 Å². The molecule has 0 saturated carbocycles. The molecular formula is C13H28ClN3O. The van der Waals surface area contributed by atoms with Crippen molar-refractivity contribution in [3.05, 3.63) is 0 Å². The Hall–Kier alpha value is -0.320. The van der Waals surface area contributed by atoms with Gasteiger partial charge in [0.15, 0.2) is 0 Å². The number of hydrogen-bond donors (Lipinski definition) is 1. The first-order valence-corrected chi connectivity index (χ1v) is 6.36. The molecular weight excluding hydrogens is 250 g/mol. The van der Waals surface area contributed by atoms with Crippen LogP contribution in [0.15, 0.2) is 0 Å². The fourth-order valence-electron chi connectivity index (χ4n) is 2.96. The molecule has 0 atom stereocenters. The van der Waals surface area contributed by atoms with Gasteiger partial charge in [0.2, 0.25) is 5.91 Å². The maximum absolute atomic E-state index is 12.2. The predicted octanol–water partition coefficient (Wildman–Crippen LogP) is 1.48. The van der Waals surface area contributed by atoms with E-state index in [0.717, 1.165) is 13.1 Å². The average Bonchev–Trinajstić information content (AvgIpc) is 1.93. The van der Waals surface area contributed by atoms with Crippen molar-refractivity contribution in [2.75, 3.05) is 19.6 Å². The lowest BCUT2D eigenvalue weighted by atomic mass is 9.95. The van der Waals surface area contributed by atoms with Crippen molar-refractivity contribution in [1.82, 2.24) is 9.80 Å². The number of piperazine rings is 1. The van der Waals surface area contributed by atoms with E-state index in [1.807, 2.05) is 18.7 Å². The van der Waals surface area contributed by atoms with Crippen LogP contribution in [0.2, 0.25) is 0 Å². The number of nitrogens with zero attached hydrogens (tertiary/aromatic N) is 2. The Labute approximate surface area is 117 Å². The Kier molecular flexibility index (Phi) is 5.66. The molecule has 1 saturated heterocycles. The smallest absolute Gasteiger partial charge is 0.237 e. The molecule has 1 amide bonds. The third kappa shape index (κ3) is 4.41. The van der Waals surface area contributed by atoms with Gasteiger partial charge in [-0.2, -0.15) is 0 Å². The van der Waals surface area contributed by atoms with Crippen molar-refractivity contribution < 1.29 is 4.79 Å². The van der Waals surface area contributed by atoms with Gasteiger partial charge in [0.25, 0.3) is 0 Å². The van der Waals surface area contributed by atoms with Crippen LogP contribution in [0.1, 0.15) is 41.5 Å². The normalized spacial score (nSPS) is 21.1. The molecule has 0 aromatic carbocycles. The fraction of sp³-hybridized carbons (Fsp3) is 0.923. The second-order valence-corrected chi connectivity index (χ2v) is 6.80. The highest BCUT2D eigenvalue weighted by atomic mass is 35.5. The Morgan fingerprint density at radius 2 is 1.89 bits per heavy atom. The SMILES string of the molecule is CC(C)N1C(=O)CN(CC(C)(C)N)CC1(C)C.Cl. The van der Waals surface area contributed by atoms with Gasteiger partial charge in [-0.05, 0) is 41.5 Å². The Morgan fingerprint density at radius 3 is 2.22 bits per heavy atom. The zero-order chi connectivity index (χ0) is 13.4. The zero-order valence-electron chi connectivity index (χ0n) is 12.5. The Balaban J connectivity index is 0.00000289. The van der Waals surface area contributed by atoms with Crippen LogP contribution in [-0.2, 0) is 4.79 Å². The van der Waals surface area contributed by atoms with E-state index in [-0.39, 0.29) is 35.4 Å². The lowest BCUT2D eigenvalue weighted by molar-refractivity contribution is -0.148. The summed E-state index contributed by atoms with van der Waals surface area (Å²) < 4.78 is 0. The summed E-state index contributed by atoms with van der Waals surface area (Å²) in [4.78, 5) is 16.4. The molecule has 0 spiro atoms. The first-order valence-electron chi connectivity index (χ1n) is 6.36. The lowest BCUT2D eigenvalue weighted by Gasteiger charge is -2.49. The van der Waals surface area contributed by atoms with E-state index in [9.17, 15) is 4.79 Å². The monoisotopic (exact) mass is 277 g/mol. The van der Waals surface area contributed by atoms with Crippen LogP contribution >= 0.6 is 12.4 Å². The summed E-state index contributed by atoms with van der Waals surface area (Å²) in [5.74, 6) is 0.209. The highest BCUT2D eigenvalue weighted by molar-refractivity contribution is 5.85. The molecule has 0 aromatic rings. The highest BCUT2D eigenvalue weighted by Crippen LogP contribution is 2.24. The molecule has 0 aliphatic carbocycles. The zero-order valence-corrected chi connectivity index (χ0v) is 13.3. The summed E-state index contributed by atoms with van der Waals surface area (Å²) in [5.41, 5.74) is 5.66. The minimum absolute atomic E-state index is 0. The van der Waals surface area contributed by atoms with Crippen molar-refractivity contribution in [1.29, 1.82) is 0 Å². The van der Waals surface area contributed by atoms with E-state index in [0.29, 0.717) is 6.54 Å². The van der Waals surface area contributed by atoms with E-state index in [1.54, 1.807) is 0 Å². The maximum atomic E-state index is 12.2. The van der Waals surface area contributed by atoms with Crippen molar-refractivity contribution >= 4 is 18.3 Å². The number of carbonyl (C=O) groups is 1. The maximum Gasteiger partial charge on any atom is 0.237 e. The fourth-order valence-corrected chi connectivity index (χ4v) is 2.96. The van der Waals surface area contributed by atoms with E-state index < -0.39 is 0 Å².